The van der Waals surface area contributed by atoms with Gasteiger partial charge in [-0.2, -0.15) is 0 Å². The van der Waals surface area contributed by atoms with Gasteiger partial charge in [-0.25, -0.2) is 12.7 Å². The fourth-order valence-electron chi connectivity index (χ4n) is 2.70. The molecular formula is C15H19ClN2O3S. The zero-order chi connectivity index (χ0) is 15.7. The van der Waals surface area contributed by atoms with Crippen molar-refractivity contribution < 1.29 is 12.8 Å². The average molecular weight is 343 g/mol. The van der Waals surface area contributed by atoms with Crippen molar-refractivity contribution in [3.63, 3.8) is 0 Å². The lowest BCUT2D eigenvalue weighted by Gasteiger charge is -2.16. The molecule has 5 nitrogen and oxygen atoms in total. The molecule has 1 N–H and O–H groups in total. The summed E-state index contributed by atoms with van der Waals surface area (Å²) in [6.45, 7) is 3.72. The zero-order valence-corrected chi connectivity index (χ0v) is 14.0. The van der Waals surface area contributed by atoms with Crippen LogP contribution in [0.1, 0.15) is 25.1 Å². The van der Waals surface area contributed by atoms with E-state index in [0.717, 1.165) is 23.2 Å². The fourth-order valence-corrected chi connectivity index (χ4v) is 4.41. The SMILES string of the molecule is C[C@H](NCCN1CCCS1(=O)=O)c1cc2cc(Cl)ccc2o1. The third-order valence-corrected chi connectivity index (χ3v) is 6.13. The van der Waals surface area contributed by atoms with Crippen molar-refractivity contribution in [2.24, 2.45) is 0 Å². The Labute approximate surface area is 135 Å². The van der Waals surface area contributed by atoms with Gasteiger partial charge in [-0.1, -0.05) is 11.6 Å². The summed E-state index contributed by atoms with van der Waals surface area (Å²) in [6, 6.07) is 7.49. The topological polar surface area (TPSA) is 62.6 Å². The zero-order valence-electron chi connectivity index (χ0n) is 12.4. The maximum Gasteiger partial charge on any atom is 0.214 e. The van der Waals surface area contributed by atoms with Crippen LogP contribution in [0.15, 0.2) is 28.7 Å². The molecule has 0 saturated carbocycles. The first-order chi connectivity index (χ1) is 10.5. The fraction of sp³-hybridized carbons (Fsp3) is 0.467. The Morgan fingerprint density at radius 1 is 1.41 bits per heavy atom. The predicted molar refractivity (Wildman–Crippen MR) is 87.6 cm³/mol. The van der Waals surface area contributed by atoms with Crippen LogP contribution in [0.4, 0.5) is 0 Å². The summed E-state index contributed by atoms with van der Waals surface area (Å²) < 4.78 is 30.8. The summed E-state index contributed by atoms with van der Waals surface area (Å²) in [4.78, 5) is 0. The lowest BCUT2D eigenvalue weighted by atomic mass is 10.2. The number of benzene rings is 1. The third-order valence-electron chi connectivity index (χ3n) is 3.94. The molecule has 1 atom stereocenters. The van der Waals surface area contributed by atoms with Crippen LogP contribution in [0.2, 0.25) is 5.02 Å². The molecule has 1 saturated heterocycles. The molecule has 2 aromatic rings. The summed E-state index contributed by atoms with van der Waals surface area (Å²) >= 11 is 5.97. The van der Waals surface area contributed by atoms with E-state index in [-0.39, 0.29) is 11.8 Å². The summed E-state index contributed by atoms with van der Waals surface area (Å²) in [5.74, 6) is 1.09. The molecule has 1 aliphatic rings. The van der Waals surface area contributed by atoms with E-state index in [9.17, 15) is 8.42 Å². The van der Waals surface area contributed by atoms with Crippen LogP contribution >= 0.6 is 11.6 Å². The second kappa shape index (κ2) is 6.20. The smallest absolute Gasteiger partial charge is 0.214 e. The number of nitrogens with zero attached hydrogens (tertiary/aromatic N) is 1. The third kappa shape index (κ3) is 3.30. The Hall–Kier alpha value is -1.08. The van der Waals surface area contributed by atoms with Gasteiger partial charge in [-0.05, 0) is 37.6 Å². The molecule has 1 aromatic heterocycles. The second-order valence-corrected chi connectivity index (χ2v) is 8.10. The number of hydrogen-bond acceptors (Lipinski definition) is 4. The highest BCUT2D eigenvalue weighted by molar-refractivity contribution is 7.89. The Kier molecular flexibility index (Phi) is 4.45. The van der Waals surface area contributed by atoms with Gasteiger partial charge < -0.3 is 9.73 Å². The van der Waals surface area contributed by atoms with Gasteiger partial charge >= 0.3 is 0 Å². The number of halogens is 1. The van der Waals surface area contributed by atoms with Crippen LogP contribution in [0, 0.1) is 0 Å². The molecule has 3 rings (SSSR count). The quantitative estimate of drug-likeness (QED) is 0.907. The highest BCUT2D eigenvalue weighted by Gasteiger charge is 2.27. The number of furan rings is 1. The van der Waals surface area contributed by atoms with Crippen molar-refractivity contribution in [3.8, 4) is 0 Å². The number of fused-ring (bicyclic) bond motifs is 1. The maximum atomic E-state index is 11.7. The Morgan fingerprint density at radius 3 is 2.95 bits per heavy atom. The minimum Gasteiger partial charge on any atom is -0.459 e. The molecule has 0 amide bonds. The van der Waals surface area contributed by atoms with E-state index >= 15 is 0 Å². The van der Waals surface area contributed by atoms with Crippen LogP contribution in [-0.4, -0.2) is 38.1 Å². The van der Waals surface area contributed by atoms with Gasteiger partial charge in [0.1, 0.15) is 11.3 Å². The van der Waals surface area contributed by atoms with Gasteiger partial charge in [-0.3, -0.25) is 0 Å². The Morgan fingerprint density at radius 2 is 2.23 bits per heavy atom. The largest absolute Gasteiger partial charge is 0.459 e. The molecule has 1 aromatic carbocycles. The highest BCUT2D eigenvalue weighted by Crippen LogP contribution is 2.26. The molecule has 0 bridgehead atoms. The molecular weight excluding hydrogens is 324 g/mol. The minimum absolute atomic E-state index is 0.0106. The number of hydrogen-bond donors (Lipinski definition) is 1. The first-order valence-corrected chi connectivity index (χ1v) is 9.35. The van der Waals surface area contributed by atoms with Gasteiger partial charge in [0.2, 0.25) is 10.0 Å². The van der Waals surface area contributed by atoms with Crippen molar-refractivity contribution in [3.05, 3.63) is 35.0 Å². The number of sulfonamides is 1. The van der Waals surface area contributed by atoms with Crippen molar-refractivity contribution in [1.82, 2.24) is 9.62 Å². The molecule has 1 fully saturated rings. The summed E-state index contributed by atoms with van der Waals surface area (Å²) in [6.07, 6.45) is 0.724. The lowest BCUT2D eigenvalue weighted by molar-refractivity contribution is 0.401. The van der Waals surface area contributed by atoms with Crippen molar-refractivity contribution in [1.29, 1.82) is 0 Å². The van der Waals surface area contributed by atoms with E-state index in [1.165, 1.54) is 0 Å². The number of rotatable bonds is 5. The van der Waals surface area contributed by atoms with E-state index in [4.69, 9.17) is 16.0 Å². The van der Waals surface area contributed by atoms with Gasteiger partial charge in [-0.15, -0.1) is 0 Å². The first-order valence-electron chi connectivity index (χ1n) is 7.36. The van der Waals surface area contributed by atoms with E-state index in [1.807, 2.05) is 25.1 Å². The molecule has 2 heterocycles. The summed E-state index contributed by atoms with van der Waals surface area (Å²) in [5.41, 5.74) is 0.801. The molecule has 0 aliphatic carbocycles. The predicted octanol–water partition coefficient (Wildman–Crippen LogP) is 2.77. The molecule has 0 radical (unpaired) electrons. The molecule has 0 unspecified atom stereocenters. The lowest BCUT2D eigenvalue weighted by Crippen LogP contribution is -2.34. The Balaban J connectivity index is 1.60. The molecule has 22 heavy (non-hydrogen) atoms. The van der Waals surface area contributed by atoms with Gasteiger partial charge in [0.05, 0.1) is 11.8 Å². The number of nitrogens with one attached hydrogen (secondary N) is 1. The van der Waals surface area contributed by atoms with Crippen molar-refractivity contribution in [2.45, 2.75) is 19.4 Å². The average Bonchev–Trinajstić information content (AvgIpc) is 3.01. The van der Waals surface area contributed by atoms with E-state index in [1.54, 1.807) is 10.4 Å². The minimum atomic E-state index is -3.02. The van der Waals surface area contributed by atoms with Crippen LogP contribution in [0.5, 0.6) is 0 Å². The normalized spacial score (nSPS) is 19.7. The maximum absolute atomic E-state index is 11.7. The van der Waals surface area contributed by atoms with E-state index in [0.29, 0.717) is 24.7 Å². The first kappa shape index (κ1) is 15.8. The molecule has 7 heteroatoms. The van der Waals surface area contributed by atoms with Crippen LogP contribution in [0.25, 0.3) is 11.0 Å². The van der Waals surface area contributed by atoms with E-state index in [2.05, 4.69) is 5.32 Å². The van der Waals surface area contributed by atoms with E-state index < -0.39 is 10.0 Å². The molecule has 0 spiro atoms. The van der Waals surface area contributed by atoms with Crippen LogP contribution in [-0.2, 0) is 10.0 Å². The molecule has 120 valence electrons. The van der Waals surface area contributed by atoms with Crippen LogP contribution in [0.3, 0.4) is 0 Å². The van der Waals surface area contributed by atoms with Gasteiger partial charge in [0.25, 0.3) is 0 Å². The summed E-state index contributed by atoms with van der Waals surface area (Å²) in [5, 5.41) is 4.96. The van der Waals surface area contributed by atoms with Crippen molar-refractivity contribution >= 4 is 32.6 Å². The van der Waals surface area contributed by atoms with Gasteiger partial charge in [0, 0.05) is 30.0 Å². The molecule has 1 aliphatic heterocycles. The monoisotopic (exact) mass is 342 g/mol. The van der Waals surface area contributed by atoms with Crippen LogP contribution < -0.4 is 5.32 Å². The second-order valence-electron chi connectivity index (χ2n) is 5.58. The summed E-state index contributed by atoms with van der Waals surface area (Å²) in [7, 11) is -3.02. The highest BCUT2D eigenvalue weighted by atomic mass is 35.5. The standard InChI is InChI=1S/C15H19ClN2O3S/c1-11(17-5-7-18-6-2-8-22(18,19)20)15-10-12-9-13(16)3-4-14(12)21-15/h3-4,9-11,17H,2,5-8H2,1H3/t11-/m0/s1. The van der Waals surface area contributed by atoms with Crippen molar-refractivity contribution in [2.75, 3.05) is 25.4 Å². The van der Waals surface area contributed by atoms with Gasteiger partial charge in [0.15, 0.2) is 0 Å². The Bertz CT molecular complexity index is 772.